The Morgan fingerprint density at radius 2 is 2.06 bits per heavy atom. The number of rotatable bonds is 3. The van der Waals surface area contributed by atoms with Crippen LogP contribution in [0.2, 0.25) is 0 Å². The summed E-state index contributed by atoms with van der Waals surface area (Å²) in [5.41, 5.74) is 1.53. The molecular formula is C13H14ClFO. The number of methoxy groups -OCH3 is 1. The van der Waals surface area contributed by atoms with E-state index < -0.39 is 0 Å². The van der Waals surface area contributed by atoms with Crippen LogP contribution in [0.25, 0.3) is 0 Å². The van der Waals surface area contributed by atoms with E-state index in [0.29, 0.717) is 5.41 Å². The van der Waals surface area contributed by atoms with Gasteiger partial charge in [0.15, 0.2) is 0 Å². The fraction of sp³-hybridized carbons (Fsp3) is 0.538. The molecule has 1 nitrogen and oxygen atoms in total. The molecule has 4 rings (SSSR count). The first-order valence-electron chi connectivity index (χ1n) is 5.53. The van der Waals surface area contributed by atoms with Gasteiger partial charge in [-0.25, -0.2) is 4.39 Å². The van der Waals surface area contributed by atoms with Crippen LogP contribution < -0.4 is 4.74 Å². The molecule has 86 valence electrons. The highest BCUT2D eigenvalue weighted by Gasteiger charge is 2.68. The predicted octanol–water partition coefficient (Wildman–Crippen LogP) is 3.49. The summed E-state index contributed by atoms with van der Waals surface area (Å²) in [5.74, 6) is 1.36. The molecule has 3 aliphatic carbocycles. The summed E-state index contributed by atoms with van der Waals surface area (Å²) in [6.07, 6.45) is 3.26. The summed E-state index contributed by atoms with van der Waals surface area (Å²) in [6, 6.07) is 4.79. The smallest absolute Gasteiger partial charge is 0.123 e. The average molecular weight is 241 g/mol. The molecule has 0 unspecified atom stereocenters. The summed E-state index contributed by atoms with van der Waals surface area (Å²) < 4.78 is 18.6. The molecule has 0 aliphatic heterocycles. The van der Waals surface area contributed by atoms with Crippen molar-refractivity contribution in [1.29, 1.82) is 0 Å². The number of ether oxygens (including phenoxy) is 1. The molecule has 1 aromatic rings. The summed E-state index contributed by atoms with van der Waals surface area (Å²) >= 11 is 5.93. The molecule has 0 N–H and O–H groups in total. The molecule has 0 radical (unpaired) electrons. The SMILES string of the molecule is COc1ccc(F)cc1C12CC(CCl)(C1)C2. The third kappa shape index (κ3) is 1.17. The molecule has 0 heterocycles. The van der Waals surface area contributed by atoms with Crippen LogP contribution in [-0.2, 0) is 5.41 Å². The largest absolute Gasteiger partial charge is 0.496 e. The van der Waals surface area contributed by atoms with Crippen molar-refractivity contribution in [2.75, 3.05) is 13.0 Å². The van der Waals surface area contributed by atoms with Crippen molar-refractivity contribution in [2.24, 2.45) is 5.41 Å². The lowest BCUT2D eigenvalue weighted by atomic mass is 9.34. The number of alkyl halides is 1. The van der Waals surface area contributed by atoms with Crippen LogP contribution in [0.5, 0.6) is 5.75 Å². The van der Waals surface area contributed by atoms with Crippen LogP contribution in [0.4, 0.5) is 4.39 Å². The van der Waals surface area contributed by atoms with Gasteiger partial charge in [0.2, 0.25) is 0 Å². The minimum Gasteiger partial charge on any atom is -0.496 e. The Labute approximate surface area is 99.6 Å². The van der Waals surface area contributed by atoms with Crippen LogP contribution in [0.3, 0.4) is 0 Å². The fourth-order valence-electron chi connectivity index (χ4n) is 3.52. The van der Waals surface area contributed by atoms with E-state index in [-0.39, 0.29) is 11.2 Å². The van der Waals surface area contributed by atoms with E-state index in [1.165, 1.54) is 6.07 Å². The van der Waals surface area contributed by atoms with Gasteiger partial charge in [-0.15, -0.1) is 11.6 Å². The van der Waals surface area contributed by atoms with Gasteiger partial charge in [-0.3, -0.25) is 0 Å². The van der Waals surface area contributed by atoms with Gasteiger partial charge >= 0.3 is 0 Å². The number of hydrogen-bond acceptors (Lipinski definition) is 1. The van der Waals surface area contributed by atoms with Gasteiger partial charge < -0.3 is 4.74 Å². The van der Waals surface area contributed by atoms with Crippen molar-refractivity contribution in [2.45, 2.75) is 24.7 Å². The van der Waals surface area contributed by atoms with Gasteiger partial charge in [0, 0.05) is 16.9 Å². The summed E-state index contributed by atoms with van der Waals surface area (Å²) in [4.78, 5) is 0. The zero-order chi connectivity index (χ0) is 11.4. The first kappa shape index (κ1) is 10.4. The van der Waals surface area contributed by atoms with E-state index in [1.54, 1.807) is 19.2 Å². The quantitative estimate of drug-likeness (QED) is 0.735. The second-order valence-electron chi connectivity index (χ2n) is 5.29. The first-order valence-corrected chi connectivity index (χ1v) is 6.07. The van der Waals surface area contributed by atoms with Crippen molar-refractivity contribution in [1.82, 2.24) is 0 Å². The Balaban J connectivity index is 1.94. The highest BCUT2D eigenvalue weighted by molar-refractivity contribution is 6.18. The molecule has 3 aliphatic rings. The molecule has 16 heavy (non-hydrogen) atoms. The van der Waals surface area contributed by atoms with E-state index in [4.69, 9.17) is 16.3 Å². The zero-order valence-corrected chi connectivity index (χ0v) is 9.98. The van der Waals surface area contributed by atoms with Crippen molar-refractivity contribution >= 4 is 11.6 Å². The molecule has 0 saturated heterocycles. The third-order valence-corrected chi connectivity index (χ3v) is 4.72. The predicted molar refractivity (Wildman–Crippen MR) is 61.6 cm³/mol. The topological polar surface area (TPSA) is 9.23 Å². The van der Waals surface area contributed by atoms with Gasteiger partial charge in [0.05, 0.1) is 7.11 Å². The highest BCUT2D eigenvalue weighted by atomic mass is 35.5. The normalized spacial score (nSPS) is 35.2. The van der Waals surface area contributed by atoms with Crippen molar-refractivity contribution in [3.8, 4) is 5.75 Å². The molecule has 3 heteroatoms. The molecule has 0 atom stereocenters. The van der Waals surface area contributed by atoms with Crippen LogP contribution in [0.1, 0.15) is 24.8 Å². The second-order valence-corrected chi connectivity index (χ2v) is 5.56. The van der Waals surface area contributed by atoms with E-state index in [9.17, 15) is 4.39 Å². The average Bonchev–Trinajstić information content (AvgIpc) is 2.15. The molecule has 3 saturated carbocycles. The summed E-state index contributed by atoms with van der Waals surface area (Å²) in [6.45, 7) is 0. The summed E-state index contributed by atoms with van der Waals surface area (Å²) in [7, 11) is 1.64. The second kappa shape index (κ2) is 3.13. The van der Waals surface area contributed by atoms with E-state index in [0.717, 1.165) is 36.5 Å². The maximum absolute atomic E-state index is 13.3. The van der Waals surface area contributed by atoms with Crippen LogP contribution in [0, 0.1) is 11.2 Å². The number of benzene rings is 1. The maximum atomic E-state index is 13.3. The van der Waals surface area contributed by atoms with Crippen molar-refractivity contribution in [3.63, 3.8) is 0 Å². The third-order valence-electron chi connectivity index (χ3n) is 4.16. The molecule has 3 fully saturated rings. The molecule has 0 amide bonds. The Morgan fingerprint density at radius 1 is 1.38 bits per heavy atom. The minimum atomic E-state index is -0.180. The molecule has 0 aromatic heterocycles. The van der Waals surface area contributed by atoms with E-state index >= 15 is 0 Å². The number of halogens is 2. The van der Waals surface area contributed by atoms with E-state index in [1.807, 2.05) is 0 Å². The van der Waals surface area contributed by atoms with Gasteiger partial charge in [-0.2, -0.15) is 0 Å². The maximum Gasteiger partial charge on any atom is 0.123 e. The van der Waals surface area contributed by atoms with Crippen molar-refractivity contribution in [3.05, 3.63) is 29.6 Å². The molecular weight excluding hydrogens is 227 g/mol. The monoisotopic (exact) mass is 240 g/mol. The van der Waals surface area contributed by atoms with Crippen LogP contribution in [0.15, 0.2) is 18.2 Å². The summed E-state index contributed by atoms with van der Waals surface area (Å²) in [5, 5.41) is 0. The van der Waals surface area contributed by atoms with Gasteiger partial charge in [-0.05, 0) is 42.9 Å². The van der Waals surface area contributed by atoms with Gasteiger partial charge in [0.1, 0.15) is 11.6 Å². The Hall–Kier alpha value is -0.760. The fourth-order valence-corrected chi connectivity index (χ4v) is 3.80. The highest BCUT2D eigenvalue weighted by Crippen LogP contribution is 2.74. The van der Waals surface area contributed by atoms with Gasteiger partial charge in [0.25, 0.3) is 0 Å². The van der Waals surface area contributed by atoms with E-state index in [2.05, 4.69) is 0 Å². The molecule has 0 spiro atoms. The Morgan fingerprint density at radius 3 is 2.62 bits per heavy atom. The standard InChI is InChI=1S/C13H14ClFO/c1-16-11-3-2-9(15)4-10(11)13-5-12(6-13,7-13)8-14/h2-4H,5-8H2,1H3. The lowest BCUT2D eigenvalue weighted by Crippen LogP contribution is -2.65. The Bertz CT molecular complexity index is 424. The lowest BCUT2D eigenvalue weighted by molar-refractivity contribution is -0.123. The lowest BCUT2D eigenvalue weighted by Gasteiger charge is -2.70. The molecule has 2 bridgehead atoms. The molecule has 1 aromatic carbocycles. The first-order chi connectivity index (χ1) is 7.63. The van der Waals surface area contributed by atoms with Crippen molar-refractivity contribution < 1.29 is 9.13 Å². The van der Waals surface area contributed by atoms with Crippen LogP contribution in [-0.4, -0.2) is 13.0 Å². The Kier molecular flexibility index (Phi) is 2.03. The zero-order valence-electron chi connectivity index (χ0n) is 9.22. The minimum absolute atomic E-state index is 0.155. The van der Waals surface area contributed by atoms with Gasteiger partial charge in [-0.1, -0.05) is 0 Å². The van der Waals surface area contributed by atoms with Crippen LogP contribution >= 0.6 is 11.6 Å². The number of hydrogen-bond donors (Lipinski definition) is 0.